The van der Waals surface area contributed by atoms with Gasteiger partial charge in [0.15, 0.2) is 5.78 Å². The van der Waals surface area contributed by atoms with Crippen molar-refractivity contribution in [2.24, 2.45) is 0 Å². The number of ketones is 1. The minimum Gasteiger partial charge on any atom is -0.288 e. The third kappa shape index (κ3) is 2.64. The molecule has 0 radical (unpaired) electrons. The first-order chi connectivity index (χ1) is 7.36. The molecule has 0 saturated heterocycles. The van der Waals surface area contributed by atoms with Crippen molar-refractivity contribution in [2.75, 3.05) is 0 Å². The SMILES string of the molecule is O=C(/C=C\c1ccccc1)c1cccs1. The van der Waals surface area contributed by atoms with Crippen molar-refractivity contribution in [1.29, 1.82) is 0 Å². The molecule has 74 valence electrons. The van der Waals surface area contributed by atoms with Gasteiger partial charge in [-0.3, -0.25) is 4.79 Å². The number of allylic oxidation sites excluding steroid dienone is 1. The van der Waals surface area contributed by atoms with E-state index in [9.17, 15) is 4.79 Å². The molecule has 0 atom stereocenters. The van der Waals surface area contributed by atoms with Crippen LogP contribution in [0.3, 0.4) is 0 Å². The molecule has 2 heteroatoms. The maximum absolute atomic E-state index is 11.6. The molecular formula is C13H10OS. The van der Waals surface area contributed by atoms with Gasteiger partial charge in [-0.05, 0) is 23.1 Å². The highest BCUT2D eigenvalue weighted by Gasteiger charge is 2.00. The van der Waals surface area contributed by atoms with Gasteiger partial charge >= 0.3 is 0 Å². The standard InChI is InChI=1S/C13H10OS/c14-12(13-7-4-10-15-13)9-8-11-5-2-1-3-6-11/h1-10H/b9-8-. The second kappa shape index (κ2) is 4.71. The number of carbonyl (C=O) groups excluding carboxylic acids is 1. The Morgan fingerprint density at radius 3 is 2.53 bits per heavy atom. The topological polar surface area (TPSA) is 17.1 Å². The highest BCUT2D eigenvalue weighted by atomic mass is 32.1. The lowest BCUT2D eigenvalue weighted by atomic mass is 10.2. The maximum atomic E-state index is 11.6. The molecule has 0 unspecified atom stereocenters. The van der Waals surface area contributed by atoms with E-state index in [0.717, 1.165) is 10.4 Å². The molecule has 0 N–H and O–H groups in total. The van der Waals surface area contributed by atoms with Crippen LogP contribution in [0.5, 0.6) is 0 Å². The van der Waals surface area contributed by atoms with Crippen molar-refractivity contribution in [3.63, 3.8) is 0 Å². The van der Waals surface area contributed by atoms with Gasteiger partial charge in [-0.2, -0.15) is 0 Å². The zero-order chi connectivity index (χ0) is 10.5. The van der Waals surface area contributed by atoms with Gasteiger partial charge in [0.05, 0.1) is 4.88 Å². The molecule has 0 amide bonds. The average Bonchev–Trinajstić information content (AvgIpc) is 2.81. The van der Waals surface area contributed by atoms with E-state index >= 15 is 0 Å². The molecule has 1 heterocycles. The maximum Gasteiger partial charge on any atom is 0.195 e. The van der Waals surface area contributed by atoms with Crippen molar-refractivity contribution in [2.45, 2.75) is 0 Å². The van der Waals surface area contributed by atoms with Crippen LogP contribution in [0.2, 0.25) is 0 Å². The third-order valence-corrected chi connectivity index (χ3v) is 2.88. The lowest BCUT2D eigenvalue weighted by Gasteiger charge is -1.90. The van der Waals surface area contributed by atoms with Crippen molar-refractivity contribution in [3.05, 3.63) is 64.4 Å². The Balaban J connectivity index is 2.10. The van der Waals surface area contributed by atoms with Gasteiger partial charge in [0, 0.05) is 0 Å². The molecule has 1 aromatic heterocycles. The lowest BCUT2D eigenvalue weighted by Crippen LogP contribution is -1.88. The van der Waals surface area contributed by atoms with E-state index in [1.165, 1.54) is 11.3 Å². The van der Waals surface area contributed by atoms with Crippen LogP contribution in [0.1, 0.15) is 15.2 Å². The largest absolute Gasteiger partial charge is 0.288 e. The first-order valence-corrected chi connectivity index (χ1v) is 5.55. The summed E-state index contributed by atoms with van der Waals surface area (Å²) < 4.78 is 0. The Bertz CT molecular complexity index is 455. The smallest absolute Gasteiger partial charge is 0.195 e. The molecule has 1 nitrogen and oxygen atoms in total. The fourth-order valence-corrected chi connectivity index (χ4v) is 1.88. The molecule has 0 aliphatic heterocycles. The van der Waals surface area contributed by atoms with E-state index in [1.54, 1.807) is 6.08 Å². The van der Waals surface area contributed by atoms with Gasteiger partial charge in [-0.15, -0.1) is 11.3 Å². The van der Waals surface area contributed by atoms with Gasteiger partial charge in [-0.25, -0.2) is 0 Å². The van der Waals surface area contributed by atoms with Crippen molar-refractivity contribution < 1.29 is 4.79 Å². The normalized spacial score (nSPS) is 10.7. The fourth-order valence-electron chi connectivity index (χ4n) is 1.24. The van der Waals surface area contributed by atoms with Gasteiger partial charge in [0.2, 0.25) is 0 Å². The van der Waals surface area contributed by atoms with Gasteiger partial charge in [0.25, 0.3) is 0 Å². The Labute approximate surface area is 92.7 Å². The molecular weight excluding hydrogens is 204 g/mol. The number of thiophene rings is 1. The molecule has 2 rings (SSSR count). The Morgan fingerprint density at radius 2 is 1.87 bits per heavy atom. The van der Waals surface area contributed by atoms with Crippen LogP contribution in [-0.4, -0.2) is 5.78 Å². The van der Waals surface area contributed by atoms with Crippen LogP contribution in [0.15, 0.2) is 53.9 Å². The third-order valence-electron chi connectivity index (χ3n) is 1.99. The van der Waals surface area contributed by atoms with Gasteiger partial charge < -0.3 is 0 Å². The second-order valence-corrected chi connectivity index (χ2v) is 4.03. The Kier molecular flexibility index (Phi) is 3.10. The lowest BCUT2D eigenvalue weighted by molar-refractivity contribution is 0.105. The van der Waals surface area contributed by atoms with E-state index in [-0.39, 0.29) is 5.78 Å². The number of hydrogen-bond acceptors (Lipinski definition) is 2. The van der Waals surface area contributed by atoms with E-state index < -0.39 is 0 Å². The Morgan fingerprint density at radius 1 is 1.07 bits per heavy atom. The van der Waals surface area contributed by atoms with Crippen LogP contribution < -0.4 is 0 Å². The molecule has 1 aromatic carbocycles. The molecule has 0 saturated carbocycles. The Hall–Kier alpha value is -1.67. The van der Waals surface area contributed by atoms with Crippen molar-refractivity contribution >= 4 is 23.2 Å². The quantitative estimate of drug-likeness (QED) is 0.563. The predicted molar refractivity (Wildman–Crippen MR) is 64.1 cm³/mol. The summed E-state index contributed by atoms with van der Waals surface area (Å²) in [6.45, 7) is 0. The van der Waals surface area contributed by atoms with E-state index in [4.69, 9.17) is 0 Å². The summed E-state index contributed by atoms with van der Waals surface area (Å²) in [6.07, 6.45) is 3.45. The summed E-state index contributed by atoms with van der Waals surface area (Å²) in [5.41, 5.74) is 1.04. The monoisotopic (exact) mass is 214 g/mol. The molecule has 2 aromatic rings. The minimum atomic E-state index is 0.0638. The molecule has 0 fully saturated rings. The van der Waals surface area contributed by atoms with E-state index in [1.807, 2.05) is 53.9 Å². The number of rotatable bonds is 3. The summed E-state index contributed by atoms with van der Waals surface area (Å²) in [7, 11) is 0. The first kappa shape index (κ1) is 9.87. The van der Waals surface area contributed by atoms with Gasteiger partial charge in [0.1, 0.15) is 0 Å². The second-order valence-electron chi connectivity index (χ2n) is 3.09. The molecule has 0 aliphatic carbocycles. The molecule has 15 heavy (non-hydrogen) atoms. The number of carbonyl (C=O) groups is 1. The molecule has 0 bridgehead atoms. The summed E-state index contributed by atoms with van der Waals surface area (Å²) in [6, 6.07) is 13.5. The number of benzene rings is 1. The fraction of sp³-hybridized carbons (Fsp3) is 0. The molecule has 0 spiro atoms. The van der Waals surface area contributed by atoms with E-state index in [0.29, 0.717) is 0 Å². The molecule has 0 aliphatic rings. The summed E-state index contributed by atoms with van der Waals surface area (Å²) in [4.78, 5) is 12.4. The predicted octanol–water partition coefficient (Wildman–Crippen LogP) is 3.64. The van der Waals surface area contributed by atoms with E-state index in [2.05, 4.69) is 0 Å². The zero-order valence-corrected chi connectivity index (χ0v) is 8.91. The van der Waals surface area contributed by atoms with Crippen LogP contribution in [-0.2, 0) is 0 Å². The summed E-state index contributed by atoms with van der Waals surface area (Å²) in [5, 5.41) is 1.91. The number of hydrogen-bond donors (Lipinski definition) is 0. The van der Waals surface area contributed by atoms with Crippen molar-refractivity contribution in [1.82, 2.24) is 0 Å². The van der Waals surface area contributed by atoms with Crippen LogP contribution in [0.4, 0.5) is 0 Å². The van der Waals surface area contributed by atoms with Crippen LogP contribution in [0.25, 0.3) is 6.08 Å². The minimum absolute atomic E-state index is 0.0638. The van der Waals surface area contributed by atoms with Crippen LogP contribution >= 0.6 is 11.3 Å². The summed E-state index contributed by atoms with van der Waals surface area (Å²) in [5.74, 6) is 0.0638. The summed E-state index contributed by atoms with van der Waals surface area (Å²) >= 11 is 1.47. The first-order valence-electron chi connectivity index (χ1n) is 4.67. The zero-order valence-electron chi connectivity index (χ0n) is 8.09. The van der Waals surface area contributed by atoms with Crippen molar-refractivity contribution in [3.8, 4) is 0 Å². The van der Waals surface area contributed by atoms with Crippen LogP contribution in [0, 0.1) is 0 Å². The highest BCUT2D eigenvalue weighted by molar-refractivity contribution is 7.12. The van der Waals surface area contributed by atoms with Gasteiger partial charge in [-0.1, -0.05) is 42.5 Å². The highest BCUT2D eigenvalue weighted by Crippen LogP contribution is 2.11. The average molecular weight is 214 g/mol.